The molecular formula is C19H24FN3O. The van der Waals surface area contributed by atoms with Crippen LogP contribution in [0.3, 0.4) is 0 Å². The molecule has 0 unspecified atom stereocenters. The summed E-state index contributed by atoms with van der Waals surface area (Å²) in [6, 6.07) is 6.40. The zero-order chi connectivity index (χ0) is 17.1. The molecule has 3 rings (SSSR count). The van der Waals surface area contributed by atoms with Gasteiger partial charge in [0.25, 0.3) is 5.91 Å². The van der Waals surface area contributed by atoms with Crippen LogP contribution in [-0.2, 0) is 12.8 Å². The predicted octanol–water partition coefficient (Wildman–Crippen LogP) is 3.81. The zero-order valence-corrected chi connectivity index (χ0v) is 14.3. The largest absolute Gasteiger partial charge is 0.348 e. The molecule has 4 nitrogen and oxygen atoms in total. The average Bonchev–Trinajstić information content (AvgIpc) is 2.77. The van der Waals surface area contributed by atoms with Gasteiger partial charge in [-0.2, -0.15) is 5.10 Å². The summed E-state index contributed by atoms with van der Waals surface area (Å²) in [6.07, 6.45) is 5.98. The second-order valence-corrected chi connectivity index (χ2v) is 6.51. The Morgan fingerprint density at radius 3 is 2.67 bits per heavy atom. The van der Waals surface area contributed by atoms with E-state index in [0.717, 1.165) is 55.5 Å². The van der Waals surface area contributed by atoms with Crippen molar-refractivity contribution in [2.75, 3.05) is 0 Å². The molecule has 0 saturated carbocycles. The van der Waals surface area contributed by atoms with Gasteiger partial charge in [0.2, 0.25) is 0 Å². The summed E-state index contributed by atoms with van der Waals surface area (Å²) in [5.41, 5.74) is 3.47. The minimum absolute atomic E-state index is 0.108. The lowest BCUT2D eigenvalue weighted by molar-refractivity contribution is 0.0933. The van der Waals surface area contributed by atoms with Gasteiger partial charge >= 0.3 is 0 Å². The Kier molecular flexibility index (Phi) is 4.97. The number of nitrogens with zero attached hydrogens (tertiary/aromatic N) is 2. The fraction of sp³-hybridized carbons (Fsp3) is 0.474. The topological polar surface area (TPSA) is 46.9 Å². The first-order valence-electron chi connectivity index (χ1n) is 8.77. The lowest BCUT2D eigenvalue weighted by Gasteiger charge is -2.10. The maximum atomic E-state index is 13.2. The van der Waals surface area contributed by atoms with Crippen molar-refractivity contribution in [3.63, 3.8) is 0 Å². The number of aromatic nitrogens is 2. The highest BCUT2D eigenvalue weighted by atomic mass is 19.1. The number of hydrogen-bond donors (Lipinski definition) is 1. The molecule has 24 heavy (non-hydrogen) atoms. The molecule has 0 aliphatic heterocycles. The molecule has 1 atom stereocenters. The summed E-state index contributed by atoms with van der Waals surface area (Å²) in [6.45, 7) is 4.04. The quantitative estimate of drug-likeness (QED) is 0.867. The molecule has 1 aliphatic rings. The van der Waals surface area contributed by atoms with Crippen LogP contribution in [-0.4, -0.2) is 21.7 Å². The number of benzene rings is 1. The fourth-order valence-corrected chi connectivity index (χ4v) is 3.15. The molecule has 0 saturated heterocycles. The van der Waals surface area contributed by atoms with E-state index in [1.165, 1.54) is 12.1 Å². The van der Waals surface area contributed by atoms with Gasteiger partial charge in [0.05, 0.1) is 5.69 Å². The van der Waals surface area contributed by atoms with E-state index in [1.54, 1.807) is 12.1 Å². The van der Waals surface area contributed by atoms with E-state index in [9.17, 15) is 9.18 Å². The van der Waals surface area contributed by atoms with Crippen molar-refractivity contribution in [1.82, 2.24) is 15.1 Å². The summed E-state index contributed by atoms with van der Waals surface area (Å²) in [5.74, 6) is -0.380. The predicted molar refractivity (Wildman–Crippen MR) is 92.0 cm³/mol. The average molecular weight is 329 g/mol. The fourth-order valence-electron chi connectivity index (χ4n) is 3.15. The van der Waals surface area contributed by atoms with Crippen LogP contribution >= 0.6 is 0 Å². The summed E-state index contributed by atoms with van der Waals surface area (Å²) in [4.78, 5) is 12.7. The van der Waals surface area contributed by atoms with Gasteiger partial charge in [-0.25, -0.2) is 9.07 Å². The van der Waals surface area contributed by atoms with Gasteiger partial charge in [-0.1, -0.05) is 13.3 Å². The molecule has 0 spiro atoms. The van der Waals surface area contributed by atoms with Crippen LogP contribution in [0.5, 0.6) is 0 Å². The lowest BCUT2D eigenvalue weighted by atomic mass is 10.1. The van der Waals surface area contributed by atoms with Gasteiger partial charge < -0.3 is 5.32 Å². The summed E-state index contributed by atoms with van der Waals surface area (Å²) in [5, 5.41) is 7.62. The summed E-state index contributed by atoms with van der Waals surface area (Å²) < 4.78 is 15.1. The molecule has 0 radical (unpaired) electrons. The van der Waals surface area contributed by atoms with Crippen LogP contribution in [0.25, 0.3) is 5.69 Å². The van der Waals surface area contributed by atoms with Crippen molar-refractivity contribution in [2.45, 2.75) is 58.4 Å². The van der Waals surface area contributed by atoms with Crippen LogP contribution < -0.4 is 5.32 Å². The SMILES string of the molecule is CC[C@H](C)NC(=O)c1nn(-c2ccc(F)cc2)c2c1CCCCC2. The van der Waals surface area contributed by atoms with Crippen molar-refractivity contribution >= 4 is 5.91 Å². The molecule has 128 valence electrons. The van der Waals surface area contributed by atoms with E-state index >= 15 is 0 Å². The van der Waals surface area contributed by atoms with Gasteiger partial charge in [0.15, 0.2) is 5.69 Å². The van der Waals surface area contributed by atoms with Crippen molar-refractivity contribution in [1.29, 1.82) is 0 Å². The van der Waals surface area contributed by atoms with Crippen molar-refractivity contribution < 1.29 is 9.18 Å². The van der Waals surface area contributed by atoms with Crippen LogP contribution in [0.4, 0.5) is 4.39 Å². The Balaban J connectivity index is 2.03. The van der Waals surface area contributed by atoms with Crippen molar-refractivity contribution in [2.24, 2.45) is 0 Å². The summed E-state index contributed by atoms with van der Waals surface area (Å²) >= 11 is 0. The highest BCUT2D eigenvalue weighted by molar-refractivity contribution is 5.94. The standard InChI is InChI=1S/C19H24FN3O/c1-3-13(2)21-19(24)18-16-7-5-4-6-8-17(16)23(22-18)15-11-9-14(20)10-12-15/h9-13H,3-8H2,1-2H3,(H,21,24)/t13-/m0/s1. The van der Waals surface area contributed by atoms with E-state index in [-0.39, 0.29) is 17.8 Å². The normalized spacial score (nSPS) is 15.5. The first-order valence-corrected chi connectivity index (χ1v) is 8.77. The minimum atomic E-state index is -0.272. The third-order valence-corrected chi connectivity index (χ3v) is 4.71. The number of hydrogen-bond acceptors (Lipinski definition) is 2. The van der Waals surface area contributed by atoms with Gasteiger partial charge in [0.1, 0.15) is 5.82 Å². The molecule has 1 aromatic heterocycles. The number of carbonyl (C=O) groups excluding carboxylic acids is 1. The molecule has 1 N–H and O–H groups in total. The van der Waals surface area contributed by atoms with Crippen LogP contribution in [0.15, 0.2) is 24.3 Å². The van der Waals surface area contributed by atoms with Gasteiger partial charge in [-0.15, -0.1) is 0 Å². The van der Waals surface area contributed by atoms with Gasteiger partial charge in [-0.3, -0.25) is 4.79 Å². The number of fused-ring (bicyclic) bond motifs is 1. The molecule has 1 aromatic carbocycles. The van der Waals surface area contributed by atoms with E-state index in [1.807, 2.05) is 18.5 Å². The second-order valence-electron chi connectivity index (χ2n) is 6.51. The van der Waals surface area contributed by atoms with Crippen LogP contribution in [0.1, 0.15) is 61.3 Å². The smallest absolute Gasteiger partial charge is 0.272 e. The monoisotopic (exact) mass is 329 g/mol. The Morgan fingerprint density at radius 1 is 1.25 bits per heavy atom. The molecular weight excluding hydrogens is 305 g/mol. The molecule has 5 heteroatoms. The highest BCUT2D eigenvalue weighted by Gasteiger charge is 2.25. The second kappa shape index (κ2) is 7.16. The third kappa shape index (κ3) is 3.35. The number of carbonyl (C=O) groups is 1. The number of halogens is 1. The van der Waals surface area contributed by atoms with Crippen LogP contribution in [0, 0.1) is 5.82 Å². The Labute approximate surface area is 142 Å². The molecule has 0 bridgehead atoms. The maximum Gasteiger partial charge on any atom is 0.272 e. The van der Waals surface area contributed by atoms with Crippen molar-refractivity contribution in [3.05, 3.63) is 47.0 Å². The Hall–Kier alpha value is -2.17. The lowest BCUT2D eigenvalue weighted by Crippen LogP contribution is -2.32. The maximum absolute atomic E-state index is 13.2. The molecule has 0 fully saturated rings. The Morgan fingerprint density at radius 2 is 1.96 bits per heavy atom. The van der Waals surface area contributed by atoms with E-state index in [4.69, 9.17) is 0 Å². The highest BCUT2D eigenvalue weighted by Crippen LogP contribution is 2.26. The molecule has 1 aliphatic carbocycles. The number of nitrogens with one attached hydrogen (secondary N) is 1. The van der Waals surface area contributed by atoms with Crippen LogP contribution in [0.2, 0.25) is 0 Å². The summed E-state index contributed by atoms with van der Waals surface area (Å²) in [7, 11) is 0. The van der Waals surface area contributed by atoms with E-state index in [2.05, 4.69) is 10.4 Å². The van der Waals surface area contributed by atoms with Gasteiger partial charge in [-0.05, 0) is 63.3 Å². The van der Waals surface area contributed by atoms with Gasteiger partial charge in [0, 0.05) is 17.3 Å². The minimum Gasteiger partial charge on any atom is -0.348 e. The van der Waals surface area contributed by atoms with E-state index < -0.39 is 0 Å². The molecule has 1 amide bonds. The Bertz CT molecular complexity index is 721. The molecule has 2 aromatic rings. The first kappa shape index (κ1) is 16.7. The first-order chi connectivity index (χ1) is 11.6. The number of rotatable bonds is 4. The van der Waals surface area contributed by atoms with E-state index in [0.29, 0.717) is 5.69 Å². The van der Waals surface area contributed by atoms with Crippen molar-refractivity contribution in [3.8, 4) is 5.69 Å². The molecule has 1 heterocycles. The number of amides is 1. The zero-order valence-electron chi connectivity index (χ0n) is 14.3. The third-order valence-electron chi connectivity index (χ3n) is 4.71.